The summed E-state index contributed by atoms with van der Waals surface area (Å²) < 4.78 is 5.35. The molecule has 0 fully saturated rings. The van der Waals surface area contributed by atoms with Gasteiger partial charge >= 0.3 is 0 Å². The molecule has 56 valence electrons. The Morgan fingerprint density at radius 1 is 1.82 bits per heavy atom. The lowest BCUT2D eigenvalue weighted by Gasteiger charge is -1.80. The Morgan fingerprint density at radius 2 is 2.55 bits per heavy atom. The molecule has 0 saturated carbocycles. The van der Waals surface area contributed by atoms with Crippen LogP contribution < -0.4 is 0 Å². The maximum Gasteiger partial charge on any atom is 0.284 e. The minimum Gasteiger partial charge on any atom is -0.460 e. The molecular formula is C5H2BrN3O2. The van der Waals surface area contributed by atoms with E-state index in [1.54, 1.807) is 0 Å². The van der Waals surface area contributed by atoms with Crippen LogP contribution in [0.15, 0.2) is 26.3 Å². The van der Waals surface area contributed by atoms with Crippen molar-refractivity contribution < 1.29 is 9.21 Å². The number of carbonyl (C=O) groups is 1. The zero-order valence-electron chi connectivity index (χ0n) is 5.19. The molecule has 0 aliphatic rings. The van der Waals surface area contributed by atoms with Gasteiger partial charge in [-0.25, -0.2) is 0 Å². The third kappa shape index (κ3) is 1.83. The zero-order valence-corrected chi connectivity index (χ0v) is 6.78. The number of carbonyl (C=O) groups excluding carboxylic acids is 1. The summed E-state index contributed by atoms with van der Waals surface area (Å²) in [6.07, 6.45) is 1.33. The summed E-state index contributed by atoms with van der Waals surface area (Å²) in [5.74, 6) is -0.701. The molecule has 0 radical (unpaired) electrons. The van der Waals surface area contributed by atoms with Crippen LogP contribution in [0.3, 0.4) is 0 Å². The first-order chi connectivity index (χ1) is 5.24. The highest BCUT2D eigenvalue weighted by Crippen LogP contribution is 2.14. The largest absolute Gasteiger partial charge is 0.460 e. The topological polar surface area (TPSA) is 79.0 Å². The number of hydrogen-bond acceptors (Lipinski definition) is 2. The van der Waals surface area contributed by atoms with Crippen LogP contribution in [0.25, 0.3) is 10.4 Å². The van der Waals surface area contributed by atoms with Crippen molar-refractivity contribution in [3.63, 3.8) is 0 Å². The van der Waals surface area contributed by atoms with Gasteiger partial charge in [-0.05, 0) is 26.6 Å². The molecule has 0 bridgehead atoms. The first-order valence-electron chi connectivity index (χ1n) is 2.57. The molecule has 0 aliphatic carbocycles. The van der Waals surface area contributed by atoms with Gasteiger partial charge in [-0.3, -0.25) is 4.79 Å². The lowest BCUT2D eigenvalue weighted by atomic mass is 10.4. The van der Waals surface area contributed by atoms with Crippen LogP contribution in [-0.2, 0) is 0 Å². The Kier molecular flexibility index (Phi) is 2.30. The molecule has 11 heavy (non-hydrogen) atoms. The van der Waals surface area contributed by atoms with Crippen LogP contribution >= 0.6 is 15.9 Å². The van der Waals surface area contributed by atoms with E-state index < -0.39 is 5.91 Å². The fraction of sp³-hybridized carbons (Fsp3) is 0. The third-order valence-corrected chi connectivity index (χ3v) is 1.33. The van der Waals surface area contributed by atoms with Crippen molar-refractivity contribution in [1.82, 2.24) is 0 Å². The number of hydrogen-bond donors (Lipinski definition) is 0. The number of azide groups is 1. The molecule has 0 aliphatic heterocycles. The van der Waals surface area contributed by atoms with Crippen molar-refractivity contribution in [1.29, 1.82) is 0 Å². The Bertz CT molecular complexity index is 326. The van der Waals surface area contributed by atoms with Gasteiger partial charge in [0.2, 0.25) is 0 Å². The molecule has 0 unspecified atom stereocenters. The van der Waals surface area contributed by atoms with Crippen LogP contribution in [-0.4, -0.2) is 5.91 Å². The molecule has 0 N–H and O–H groups in total. The lowest BCUT2D eigenvalue weighted by Crippen LogP contribution is -1.88. The number of halogens is 1. The Morgan fingerprint density at radius 3 is 3.00 bits per heavy atom. The molecule has 0 spiro atoms. The SMILES string of the molecule is [N-]=[N+]=NC(=O)c1cc(Br)co1. The van der Waals surface area contributed by atoms with Crippen molar-refractivity contribution in [2.45, 2.75) is 0 Å². The minimum atomic E-state index is -0.724. The van der Waals surface area contributed by atoms with Gasteiger partial charge < -0.3 is 4.42 Å². The van der Waals surface area contributed by atoms with Crippen molar-refractivity contribution in [2.75, 3.05) is 0 Å². The van der Waals surface area contributed by atoms with Gasteiger partial charge in [-0.2, -0.15) is 0 Å². The summed E-state index contributed by atoms with van der Waals surface area (Å²) in [5, 5.41) is 2.84. The van der Waals surface area contributed by atoms with E-state index in [2.05, 4.69) is 26.0 Å². The molecule has 1 aromatic heterocycles. The molecule has 1 rings (SSSR count). The fourth-order valence-electron chi connectivity index (χ4n) is 0.515. The summed E-state index contributed by atoms with van der Waals surface area (Å²) in [5.41, 5.74) is 7.89. The number of nitrogens with zero attached hydrogens (tertiary/aromatic N) is 3. The second kappa shape index (κ2) is 3.23. The average Bonchev–Trinajstić information content (AvgIpc) is 2.36. The number of rotatable bonds is 1. The van der Waals surface area contributed by atoms with Crippen molar-refractivity contribution >= 4 is 21.8 Å². The Labute approximate surface area is 69.8 Å². The van der Waals surface area contributed by atoms with Gasteiger partial charge in [-0.15, -0.1) is 0 Å². The quantitative estimate of drug-likeness (QED) is 0.410. The van der Waals surface area contributed by atoms with Crippen molar-refractivity contribution in [3.05, 3.63) is 33.0 Å². The van der Waals surface area contributed by atoms with Gasteiger partial charge in [-0.1, -0.05) is 0 Å². The first-order valence-corrected chi connectivity index (χ1v) is 3.37. The summed E-state index contributed by atoms with van der Waals surface area (Å²) in [6.45, 7) is 0. The normalized spacial score (nSPS) is 8.82. The van der Waals surface area contributed by atoms with Crippen molar-refractivity contribution in [2.24, 2.45) is 5.11 Å². The summed E-state index contributed by atoms with van der Waals surface area (Å²) in [4.78, 5) is 13.0. The summed E-state index contributed by atoms with van der Waals surface area (Å²) >= 11 is 3.07. The number of furan rings is 1. The second-order valence-corrected chi connectivity index (χ2v) is 2.54. The van der Waals surface area contributed by atoms with E-state index in [0.717, 1.165) is 0 Å². The highest BCUT2D eigenvalue weighted by atomic mass is 79.9. The van der Waals surface area contributed by atoms with E-state index in [-0.39, 0.29) is 5.76 Å². The molecule has 1 aromatic rings. The lowest BCUT2D eigenvalue weighted by molar-refractivity contribution is 0.0974. The monoisotopic (exact) mass is 215 g/mol. The van der Waals surface area contributed by atoms with Crippen LogP contribution in [0.1, 0.15) is 10.6 Å². The highest BCUT2D eigenvalue weighted by Gasteiger charge is 2.06. The van der Waals surface area contributed by atoms with Gasteiger partial charge in [0.1, 0.15) is 6.26 Å². The standard InChI is InChI=1S/C5H2BrN3O2/c6-3-1-4(11-2-3)5(10)8-9-7/h1-2H. The van der Waals surface area contributed by atoms with E-state index >= 15 is 0 Å². The summed E-state index contributed by atoms with van der Waals surface area (Å²) in [7, 11) is 0. The molecule has 1 amide bonds. The Balaban J connectivity index is 2.93. The van der Waals surface area contributed by atoms with Crippen LogP contribution in [0, 0.1) is 0 Å². The van der Waals surface area contributed by atoms with E-state index in [1.165, 1.54) is 12.3 Å². The van der Waals surface area contributed by atoms with Gasteiger partial charge in [0.25, 0.3) is 5.91 Å². The van der Waals surface area contributed by atoms with E-state index in [4.69, 9.17) is 9.95 Å². The van der Waals surface area contributed by atoms with Crippen LogP contribution in [0.2, 0.25) is 0 Å². The molecule has 5 nitrogen and oxygen atoms in total. The van der Waals surface area contributed by atoms with E-state index in [1.807, 2.05) is 0 Å². The predicted octanol–water partition coefficient (Wildman–Crippen LogP) is 2.49. The first kappa shape index (κ1) is 7.84. The highest BCUT2D eigenvalue weighted by molar-refractivity contribution is 9.10. The van der Waals surface area contributed by atoms with Gasteiger partial charge in [0, 0.05) is 11.0 Å². The maximum absolute atomic E-state index is 10.7. The molecule has 6 heteroatoms. The predicted molar refractivity (Wildman–Crippen MR) is 39.9 cm³/mol. The second-order valence-electron chi connectivity index (χ2n) is 1.62. The summed E-state index contributed by atoms with van der Waals surface area (Å²) in [6, 6.07) is 1.43. The van der Waals surface area contributed by atoms with E-state index in [9.17, 15) is 4.79 Å². The Hall–Kier alpha value is -1.26. The molecule has 0 atom stereocenters. The zero-order chi connectivity index (χ0) is 8.27. The van der Waals surface area contributed by atoms with Gasteiger partial charge in [0.05, 0.1) is 4.47 Å². The minimum absolute atomic E-state index is 0.0228. The van der Waals surface area contributed by atoms with E-state index in [0.29, 0.717) is 4.47 Å². The number of amides is 1. The maximum atomic E-state index is 10.7. The van der Waals surface area contributed by atoms with Crippen molar-refractivity contribution in [3.8, 4) is 0 Å². The average molecular weight is 216 g/mol. The molecule has 0 saturated heterocycles. The molecular weight excluding hydrogens is 214 g/mol. The third-order valence-electron chi connectivity index (χ3n) is 0.914. The smallest absolute Gasteiger partial charge is 0.284 e. The fourth-order valence-corrected chi connectivity index (χ4v) is 0.816. The molecule has 1 heterocycles. The molecule has 0 aromatic carbocycles. The van der Waals surface area contributed by atoms with Crippen LogP contribution in [0.4, 0.5) is 0 Å². The van der Waals surface area contributed by atoms with Gasteiger partial charge in [0.15, 0.2) is 5.76 Å². The van der Waals surface area contributed by atoms with Crippen LogP contribution in [0.5, 0.6) is 0 Å².